The summed E-state index contributed by atoms with van der Waals surface area (Å²) in [5, 5.41) is 6.75. The average Bonchev–Trinajstić information content (AvgIpc) is 3.23. The number of ether oxygens (including phenoxy) is 1. The van der Waals surface area contributed by atoms with E-state index >= 15 is 0 Å². The van der Waals surface area contributed by atoms with Crippen LogP contribution in [-0.2, 0) is 16.4 Å². The molecule has 2 N–H and O–H groups in total. The van der Waals surface area contributed by atoms with Crippen molar-refractivity contribution >= 4 is 48.5 Å². The first-order valence-electron chi connectivity index (χ1n) is 12.8. The van der Waals surface area contributed by atoms with Crippen LogP contribution in [0.25, 0.3) is 10.1 Å². The van der Waals surface area contributed by atoms with Crippen molar-refractivity contribution in [3.05, 3.63) is 46.8 Å². The molecule has 0 spiro atoms. The van der Waals surface area contributed by atoms with Gasteiger partial charge in [-0.3, -0.25) is 4.31 Å². The third-order valence-electron chi connectivity index (χ3n) is 6.90. The molecule has 2 atom stereocenters. The van der Waals surface area contributed by atoms with E-state index in [9.17, 15) is 26.0 Å². The van der Waals surface area contributed by atoms with Crippen LogP contribution in [-0.4, -0.2) is 78.8 Å². The smallest absolute Gasteiger partial charge is 0.393 e. The number of halogens is 4. The van der Waals surface area contributed by atoms with Gasteiger partial charge in [-0.05, 0) is 42.6 Å². The van der Waals surface area contributed by atoms with Gasteiger partial charge in [-0.15, -0.1) is 11.3 Å². The van der Waals surface area contributed by atoms with E-state index in [0.717, 1.165) is 28.4 Å². The van der Waals surface area contributed by atoms with Crippen molar-refractivity contribution in [2.24, 2.45) is 0 Å². The van der Waals surface area contributed by atoms with Crippen LogP contribution in [0.15, 0.2) is 36.4 Å². The van der Waals surface area contributed by atoms with E-state index < -0.39 is 34.8 Å². The maximum absolute atomic E-state index is 14.7. The SMILES string of the molecule is COc1cc(N(C)S(C)(=O)=O)ccc1NCC#Cc1sc2c(N[C@@H]3CCN(C)C[C@@H]3F)cccc2c1CC(F)(F)F. The first-order chi connectivity index (χ1) is 19.3. The Bertz CT molecular complexity index is 1560. The summed E-state index contributed by atoms with van der Waals surface area (Å²) in [6, 6.07) is 9.46. The number of fused-ring (bicyclic) bond motifs is 1. The first-order valence-corrected chi connectivity index (χ1v) is 15.5. The van der Waals surface area contributed by atoms with E-state index in [0.29, 0.717) is 50.7 Å². The molecule has 13 heteroatoms. The zero-order valence-electron chi connectivity index (χ0n) is 23.1. The van der Waals surface area contributed by atoms with E-state index in [2.05, 4.69) is 22.5 Å². The number of benzene rings is 2. The van der Waals surface area contributed by atoms with Gasteiger partial charge in [0.15, 0.2) is 0 Å². The molecule has 0 bridgehead atoms. The van der Waals surface area contributed by atoms with Crippen molar-refractivity contribution < 1.29 is 30.7 Å². The summed E-state index contributed by atoms with van der Waals surface area (Å²) < 4.78 is 86.2. The lowest BCUT2D eigenvalue weighted by Gasteiger charge is -2.33. The fourth-order valence-electron chi connectivity index (χ4n) is 4.66. The lowest BCUT2D eigenvalue weighted by molar-refractivity contribution is -0.126. The zero-order valence-corrected chi connectivity index (χ0v) is 24.7. The fourth-order valence-corrected chi connectivity index (χ4v) is 6.32. The fraction of sp³-hybridized carbons (Fsp3) is 0.429. The minimum atomic E-state index is -4.43. The molecule has 1 fully saturated rings. The number of nitrogens with zero attached hydrogens (tertiary/aromatic N) is 2. The van der Waals surface area contributed by atoms with Gasteiger partial charge in [-0.2, -0.15) is 13.2 Å². The molecule has 3 aromatic rings. The van der Waals surface area contributed by atoms with Crippen LogP contribution in [0.3, 0.4) is 0 Å². The number of sulfonamides is 1. The third kappa shape index (κ3) is 7.55. The number of hydrogen-bond acceptors (Lipinski definition) is 7. The van der Waals surface area contributed by atoms with Gasteiger partial charge in [0.1, 0.15) is 11.9 Å². The van der Waals surface area contributed by atoms with Crippen molar-refractivity contribution in [2.75, 3.05) is 62.0 Å². The van der Waals surface area contributed by atoms with Crippen molar-refractivity contribution in [1.29, 1.82) is 0 Å². The van der Waals surface area contributed by atoms with E-state index in [1.165, 1.54) is 14.2 Å². The molecule has 1 aliphatic heterocycles. The highest BCUT2D eigenvalue weighted by molar-refractivity contribution is 7.92. The molecule has 0 amide bonds. The molecule has 0 unspecified atom stereocenters. The van der Waals surface area contributed by atoms with Crippen LogP contribution in [0.2, 0.25) is 0 Å². The molecule has 4 rings (SSSR count). The Balaban J connectivity index is 1.59. The molecular weight excluding hydrogens is 580 g/mol. The zero-order chi connectivity index (χ0) is 29.9. The summed E-state index contributed by atoms with van der Waals surface area (Å²) in [5.74, 6) is 6.18. The quantitative estimate of drug-likeness (QED) is 0.265. The number of rotatable bonds is 8. The lowest BCUT2D eigenvalue weighted by Crippen LogP contribution is -2.46. The molecule has 0 aliphatic carbocycles. The van der Waals surface area contributed by atoms with E-state index in [1.807, 2.05) is 11.9 Å². The van der Waals surface area contributed by atoms with Crippen molar-refractivity contribution in [3.63, 3.8) is 0 Å². The number of hydrogen-bond donors (Lipinski definition) is 2. The second-order valence-corrected chi connectivity index (χ2v) is 13.0. The van der Waals surface area contributed by atoms with Crippen molar-refractivity contribution in [3.8, 4) is 17.6 Å². The minimum Gasteiger partial charge on any atom is -0.495 e. The second-order valence-electron chi connectivity index (χ2n) is 9.97. The van der Waals surface area contributed by atoms with Gasteiger partial charge in [0.25, 0.3) is 0 Å². The predicted octanol–water partition coefficient (Wildman–Crippen LogP) is 5.33. The molecule has 0 radical (unpaired) electrons. The standard InChI is InChI=1S/C28H32F4N4O3S2/c1-35-14-12-22(21(29)17-35)34-24-8-5-7-19-20(16-28(30,31)32)26(40-27(19)24)9-6-13-33-23-11-10-18(15-25(23)39-3)36(2)41(4,37)38/h5,7-8,10-11,15,21-22,33-34H,12-14,16-17H2,1-4H3/t21-,22+/m0/s1. The Morgan fingerprint density at radius 3 is 2.63 bits per heavy atom. The van der Waals surface area contributed by atoms with Crippen LogP contribution in [0.5, 0.6) is 5.75 Å². The number of nitrogens with one attached hydrogen (secondary N) is 2. The van der Waals surface area contributed by atoms with Gasteiger partial charge in [0.05, 0.1) is 59.0 Å². The van der Waals surface area contributed by atoms with Gasteiger partial charge in [-0.25, -0.2) is 12.8 Å². The van der Waals surface area contributed by atoms with E-state index in [4.69, 9.17) is 4.74 Å². The Hall–Kier alpha value is -3.21. The summed E-state index contributed by atoms with van der Waals surface area (Å²) in [6.45, 7) is 1.12. The summed E-state index contributed by atoms with van der Waals surface area (Å²) in [4.78, 5) is 2.21. The van der Waals surface area contributed by atoms with E-state index in [1.54, 1.807) is 36.4 Å². The number of alkyl halides is 4. The maximum atomic E-state index is 14.7. The van der Waals surface area contributed by atoms with Crippen LogP contribution >= 0.6 is 11.3 Å². The Morgan fingerprint density at radius 2 is 1.98 bits per heavy atom. The third-order valence-corrected chi connectivity index (χ3v) is 9.30. The molecule has 7 nitrogen and oxygen atoms in total. The number of thiophene rings is 1. The first kappa shape index (κ1) is 30.7. The Morgan fingerprint density at radius 1 is 1.22 bits per heavy atom. The maximum Gasteiger partial charge on any atom is 0.393 e. The highest BCUT2D eigenvalue weighted by Crippen LogP contribution is 2.39. The van der Waals surface area contributed by atoms with Crippen LogP contribution in [0.4, 0.5) is 34.6 Å². The topological polar surface area (TPSA) is 73.9 Å². The molecule has 41 heavy (non-hydrogen) atoms. The summed E-state index contributed by atoms with van der Waals surface area (Å²) in [7, 11) is 1.27. The summed E-state index contributed by atoms with van der Waals surface area (Å²) in [6.07, 6.45) is -4.98. The molecular formula is C28H32F4N4O3S2. The highest BCUT2D eigenvalue weighted by atomic mass is 32.2. The number of anilines is 3. The number of piperidine rings is 1. The molecule has 1 saturated heterocycles. The highest BCUT2D eigenvalue weighted by Gasteiger charge is 2.32. The second kappa shape index (κ2) is 12.3. The summed E-state index contributed by atoms with van der Waals surface area (Å²) >= 11 is 1.16. The molecule has 0 saturated carbocycles. The van der Waals surface area contributed by atoms with Gasteiger partial charge in [0, 0.05) is 26.2 Å². The van der Waals surface area contributed by atoms with Gasteiger partial charge < -0.3 is 20.3 Å². The normalized spacial score (nSPS) is 18.0. The van der Waals surface area contributed by atoms with E-state index in [-0.39, 0.29) is 12.1 Å². The Kier molecular flexibility index (Phi) is 9.25. The largest absolute Gasteiger partial charge is 0.495 e. The van der Waals surface area contributed by atoms with Crippen LogP contribution < -0.4 is 19.7 Å². The monoisotopic (exact) mass is 612 g/mol. The van der Waals surface area contributed by atoms with Gasteiger partial charge in [0.2, 0.25) is 10.0 Å². The molecule has 2 aromatic carbocycles. The molecule has 1 aromatic heterocycles. The molecule has 222 valence electrons. The van der Waals surface area contributed by atoms with Crippen LogP contribution in [0, 0.1) is 11.8 Å². The number of likely N-dealkylation sites (tertiary alicyclic amines) is 1. The predicted molar refractivity (Wildman–Crippen MR) is 158 cm³/mol. The van der Waals surface area contributed by atoms with Gasteiger partial charge >= 0.3 is 6.18 Å². The molecule has 2 heterocycles. The Labute approximate surface area is 241 Å². The lowest BCUT2D eigenvalue weighted by atomic mass is 10.0. The molecule has 1 aliphatic rings. The number of methoxy groups -OCH3 is 1. The van der Waals surface area contributed by atoms with Gasteiger partial charge in [-0.1, -0.05) is 24.0 Å². The minimum absolute atomic E-state index is 0.0968. The average molecular weight is 613 g/mol. The van der Waals surface area contributed by atoms with Crippen LogP contribution in [0.1, 0.15) is 16.9 Å². The van der Waals surface area contributed by atoms with Crippen molar-refractivity contribution in [1.82, 2.24) is 4.90 Å². The summed E-state index contributed by atoms with van der Waals surface area (Å²) in [5.41, 5.74) is 1.65. The van der Waals surface area contributed by atoms with Crippen molar-refractivity contribution in [2.45, 2.75) is 31.2 Å².